The molecule has 1 rings (SSSR count). The van der Waals surface area contributed by atoms with E-state index in [2.05, 4.69) is 13.8 Å². The number of ether oxygens (including phenoxy) is 1. The van der Waals surface area contributed by atoms with E-state index in [1.807, 2.05) is 24.3 Å². The summed E-state index contributed by atoms with van der Waals surface area (Å²) in [4.78, 5) is 0. The second-order valence-electron chi connectivity index (χ2n) is 3.81. The Morgan fingerprint density at radius 3 is 2.14 bits per heavy atom. The predicted molar refractivity (Wildman–Crippen MR) is 57.7 cm³/mol. The number of aliphatic hydroxyl groups is 1. The second kappa shape index (κ2) is 5.01. The highest BCUT2D eigenvalue weighted by atomic mass is 16.5. The van der Waals surface area contributed by atoms with Crippen molar-refractivity contribution in [3.05, 3.63) is 29.8 Å². The number of hydrogen-bond donors (Lipinski definition) is 1. The third-order valence-corrected chi connectivity index (χ3v) is 2.55. The molecule has 0 spiro atoms. The molecule has 0 heterocycles. The summed E-state index contributed by atoms with van der Waals surface area (Å²) in [5, 5.41) is 9.25. The average molecular weight is 194 g/mol. The van der Waals surface area contributed by atoms with Crippen LogP contribution in [-0.4, -0.2) is 18.8 Å². The van der Waals surface area contributed by atoms with Gasteiger partial charge in [-0.2, -0.15) is 0 Å². The standard InChI is InChI=1S/C12H18O2/c1-9(2)12(8-13)10-4-6-11(14-3)7-5-10/h4-7,9,12-13H,8H2,1-3H3/t12-/m0/s1. The number of methoxy groups -OCH3 is 1. The van der Waals surface area contributed by atoms with E-state index in [1.54, 1.807) is 7.11 Å². The first-order valence-electron chi connectivity index (χ1n) is 4.93. The minimum absolute atomic E-state index is 0.198. The highest BCUT2D eigenvalue weighted by Gasteiger charge is 2.14. The van der Waals surface area contributed by atoms with E-state index in [0.29, 0.717) is 5.92 Å². The quantitative estimate of drug-likeness (QED) is 0.797. The molecule has 0 unspecified atom stereocenters. The third-order valence-electron chi connectivity index (χ3n) is 2.55. The zero-order valence-electron chi connectivity index (χ0n) is 9.03. The van der Waals surface area contributed by atoms with Gasteiger partial charge in [0, 0.05) is 5.92 Å². The molecule has 0 aliphatic heterocycles. The summed E-state index contributed by atoms with van der Waals surface area (Å²) in [6.45, 7) is 4.43. The molecule has 1 aromatic carbocycles. The minimum atomic E-state index is 0.198. The van der Waals surface area contributed by atoms with Gasteiger partial charge in [-0.3, -0.25) is 0 Å². The summed E-state index contributed by atoms with van der Waals surface area (Å²) in [6.07, 6.45) is 0. The van der Waals surface area contributed by atoms with Crippen LogP contribution in [0.1, 0.15) is 25.3 Å². The number of hydrogen-bond acceptors (Lipinski definition) is 2. The molecule has 0 amide bonds. The SMILES string of the molecule is COc1ccc([C@@H](CO)C(C)C)cc1. The van der Waals surface area contributed by atoms with Gasteiger partial charge in [0.1, 0.15) is 5.75 Å². The Hall–Kier alpha value is -1.02. The number of aliphatic hydroxyl groups excluding tert-OH is 1. The van der Waals surface area contributed by atoms with Crippen LogP contribution >= 0.6 is 0 Å². The Morgan fingerprint density at radius 2 is 1.79 bits per heavy atom. The zero-order valence-corrected chi connectivity index (χ0v) is 9.03. The normalized spacial score (nSPS) is 12.9. The molecule has 0 saturated heterocycles. The van der Waals surface area contributed by atoms with Crippen LogP contribution in [0.5, 0.6) is 5.75 Å². The lowest BCUT2D eigenvalue weighted by Crippen LogP contribution is -2.10. The molecule has 14 heavy (non-hydrogen) atoms. The lowest BCUT2D eigenvalue weighted by Gasteiger charge is -2.18. The summed E-state index contributed by atoms with van der Waals surface area (Å²) in [6, 6.07) is 7.89. The Labute approximate surface area is 85.5 Å². The topological polar surface area (TPSA) is 29.5 Å². The van der Waals surface area contributed by atoms with Gasteiger partial charge < -0.3 is 9.84 Å². The van der Waals surface area contributed by atoms with E-state index in [1.165, 1.54) is 5.56 Å². The molecule has 0 saturated carbocycles. The van der Waals surface area contributed by atoms with Crippen molar-refractivity contribution >= 4 is 0 Å². The summed E-state index contributed by atoms with van der Waals surface area (Å²) in [7, 11) is 1.65. The first kappa shape index (κ1) is 11.1. The van der Waals surface area contributed by atoms with Crippen LogP contribution in [0.4, 0.5) is 0 Å². The third kappa shape index (κ3) is 2.48. The largest absolute Gasteiger partial charge is 0.497 e. The molecular formula is C12H18O2. The Kier molecular flexibility index (Phi) is 3.96. The van der Waals surface area contributed by atoms with Crippen molar-refractivity contribution in [1.82, 2.24) is 0 Å². The molecule has 0 aliphatic carbocycles. The average Bonchev–Trinajstić information content (AvgIpc) is 2.19. The molecule has 2 nitrogen and oxygen atoms in total. The van der Waals surface area contributed by atoms with Gasteiger partial charge in [0.2, 0.25) is 0 Å². The van der Waals surface area contributed by atoms with Gasteiger partial charge >= 0.3 is 0 Å². The van der Waals surface area contributed by atoms with Gasteiger partial charge in [0.15, 0.2) is 0 Å². The van der Waals surface area contributed by atoms with Crippen molar-refractivity contribution in [2.24, 2.45) is 5.92 Å². The molecule has 1 aromatic rings. The lowest BCUT2D eigenvalue weighted by atomic mass is 9.89. The first-order chi connectivity index (χ1) is 6.69. The molecule has 0 radical (unpaired) electrons. The molecule has 78 valence electrons. The molecule has 1 N–H and O–H groups in total. The van der Waals surface area contributed by atoms with Crippen molar-refractivity contribution < 1.29 is 9.84 Å². The highest BCUT2D eigenvalue weighted by molar-refractivity contribution is 5.29. The fraction of sp³-hybridized carbons (Fsp3) is 0.500. The summed E-state index contributed by atoms with van der Waals surface area (Å²) < 4.78 is 5.08. The summed E-state index contributed by atoms with van der Waals surface area (Å²) in [5.41, 5.74) is 1.17. The van der Waals surface area contributed by atoms with Gasteiger partial charge in [0.05, 0.1) is 13.7 Å². The Balaban J connectivity index is 2.84. The Morgan fingerprint density at radius 1 is 1.21 bits per heavy atom. The fourth-order valence-electron chi connectivity index (χ4n) is 1.55. The van der Waals surface area contributed by atoms with Gasteiger partial charge in [-0.1, -0.05) is 26.0 Å². The van der Waals surface area contributed by atoms with E-state index in [-0.39, 0.29) is 12.5 Å². The highest BCUT2D eigenvalue weighted by Crippen LogP contribution is 2.25. The minimum Gasteiger partial charge on any atom is -0.497 e. The van der Waals surface area contributed by atoms with Crippen molar-refractivity contribution in [3.8, 4) is 5.75 Å². The monoisotopic (exact) mass is 194 g/mol. The maximum absolute atomic E-state index is 9.25. The number of rotatable bonds is 4. The van der Waals surface area contributed by atoms with Crippen molar-refractivity contribution in [3.63, 3.8) is 0 Å². The van der Waals surface area contributed by atoms with Crippen molar-refractivity contribution in [2.45, 2.75) is 19.8 Å². The van der Waals surface area contributed by atoms with Gasteiger partial charge in [-0.15, -0.1) is 0 Å². The van der Waals surface area contributed by atoms with Crippen LogP contribution in [0, 0.1) is 5.92 Å². The maximum Gasteiger partial charge on any atom is 0.118 e. The van der Waals surface area contributed by atoms with Crippen LogP contribution in [0.15, 0.2) is 24.3 Å². The molecule has 0 bridgehead atoms. The first-order valence-corrected chi connectivity index (χ1v) is 4.93. The molecule has 0 fully saturated rings. The van der Waals surface area contributed by atoms with Crippen LogP contribution < -0.4 is 4.74 Å². The van der Waals surface area contributed by atoms with Gasteiger partial charge in [-0.05, 0) is 23.6 Å². The Bertz CT molecular complexity index is 264. The van der Waals surface area contributed by atoms with Crippen LogP contribution in [0.3, 0.4) is 0 Å². The van der Waals surface area contributed by atoms with E-state index in [4.69, 9.17) is 4.74 Å². The van der Waals surface area contributed by atoms with E-state index < -0.39 is 0 Å². The zero-order chi connectivity index (χ0) is 10.6. The number of benzene rings is 1. The van der Waals surface area contributed by atoms with E-state index in [0.717, 1.165) is 5.75 Å². The fourth-order valence-corrected chi connectivity index (χ4v) is 1.55. The summed E-state index contributed by atoms with van der Waals surface area (Å²) in [5.74, 6) is 1.53. The predicted octanol–water partition coefficient (Wildman–Crippen LogP) is 2.43. The van der Waals surface area contributed by atoms with Gasteiger partial charge in [-0.25, -0.2) is 0 Å². The second-order valence-corrected chi connectivity index (χ2v) is 3.81. The molecular weight excluding hydrogens is 176 g/mol. The molecule has 0 aromatic heterocycles. The lowest BCUT2D eigenvalue weighted by molar-refractivity contribution is 0.237. The smallest absolute Gasteiger partial charge is 0.118 e. The van der Waals surface area contributed by atoms with Crippen LogP contribution in [-0.2, 0) is 0 Å². The van der Waals surface area contributed by atoms with E-state index >= 15 is 0 Å². The van der Waals surface area contributed by atoms with E-state index in [9.17, 15) is 5.11 Å². The molecule has 1 atom stereocenters. The molecule has 2 heteroatoms. The van der Waals surface area contributed by atoms with Crippen molar-refractivity contribution in [1.29, 1.82) is 0 Å². The maximum atomic E-state index is 9.25. The molecule has 0 aliphatic rings. The van der Waals surface area contributed by atoms with Gasteiger partial charge in [0.25, 0.3) is 0 Å². The van der Waals surface area contributed by atoms with Crippen LogP contribution in [0.2, 0.25) is 0 Å². The van der Waals surface area contributed by atoms with Crippen molar-refractivity contribution in [2.75, 3.05) is 13.7 Å². The van der Waals surface area contributed by atoms with Crippen LogP contribution in [0.25, 0.3) is 0 Å². The summed E-state index contributed by atoms with van der Waals surface area (Å²) >= 11 is 0.